The van der Waals surface area contributed by atoms with Gasteiger partial charge < -0.3 is 10.2 Å². The van der Waals surface area contributed by atoms with Crippen molar-refractivity contribution < 1.29 is 8.78 Å². The van der Waals surface area contributed by atoms with Crippen molar-refractivity contribution in [2.75, 3.05) is 26.2 Å². The average Bonchev–Trinajstić information content (AvgIpc) is 2.50. The van der Waals surface area contributed by atoms with Crippen molar-refractivity contribution in [3.8, 4) is 6.07 Å². The van der Waals surface area contributed by atoms with Gasteiger partial charge in [-0.15, -0.1) is 0 Å². The highest BCUT2D eigenvalue weighted by Crippen LogP contribution is 2.18. The van der Waals surface area contributed by atoms with E-state index in [1.807, 2.05) is 0 Å². The molecule has 1 aliphatic heterocycles. The minimum Gasteiger partial charge on any atom is -0.312 e. The van der Waals surface area contributed by atoms with E-state index in [1.165, 1.54) is 0 Å². The maximum atomic E-state index is 13.7. The fourth-order valence-corrected chi connectivity index (χ4v) is 2.74. The molecule has 21 heavy (non-hydrogen) atoms. The number of rotatable bonds is 5. The fraction of sp³-hybridized carbons (Fsp3) is 0.562. The molecule has 0 bridgehead atoms. The van der Waals surface area contributed by atoms with Gasteiger partial charge in [0.25, 0.3) is 0 Å². The lowest BCUT2D eigenvalue weighted by atomic mass is 9.97. The summed E-state index contributed by atoms with van der Waals surface area (Å²) < 4.78 is 27.4. The summed E-state index contributed by atoms with van der Waals surface area (Å²) in [6.07, 6.45) is 2.25. The van der Waals surface area contributed by atoms with Crippen LogP contribution in [0.2, 0.25) is 0 Å². The third kappa shape index (κ3) is 4.23. The van der Waals surface area contributed by atoms with Gasteiger partial charge in [-0.2, -0.15) is 5.26 Å². The van der Waals surface area contributed by atoms with Crippen LogP contribution in [-0.4, -0.2) is 31.1 Å². The van der Waals surface area contributed by atoms with Gasteiger partial charge in [0.05, 0.1) is 11.6 Å². The summed E-state index contributed by atoms with van der Waals surface area (Å²) in [5.41, 5.74) is 0.0284. The minimum atomic E-state index is -0.653. The van der Waals surface area contributed by atoms with E-state index in [4.69, 9.17) is 5.26 Å². The first-order valence-corrected chi connectivity index (χ1v) is 7.45. The zero-order valence-electron chi connectivity index (χ0n) is 12.3. The molecule has 5 heteroatoms. The zero-order chi connectivity index (χ0) is 15.2. The van der Waals surface area contributed by atoms with Crippen LogP contribution in [0.4, 0.5) is 8.78 Å². The summed E-state index contributed by atoms with van der Waals surface area (Å²) in [6.45, 7) is 6.38. The van der Waals surface area contributed by atoms with E-state index >= 15 is 0 Å². The number of nitrogens with one attached hydrogen (secondary N) is 1. The number of nitrogens with zero attached hydrogens (tertiary/aromatic N) is 2. The number of nitriles is 1. The van der Waals surface area contributed by atoms with Gasteiger partial charge in [0, 0.05) is 12.1 Å². The molecule has 114 valence electrons. The number of hydrogen-bond acceptors (Lipinski definition) is 3. The van der Waals surface area contributed by atoms with Crippen molar-refractivity contribution in [1.82, 2.24) is 10.2 Å². The van der Waals surface area contributed by atoms with Crippen molar-refractivity contribution in [1.29, 1.82) is 5.26 Å². The normalized spacial score (nSPS) is 16.9. The van der Waals surface area contributed by atoms with Crippen LogP contribution in [-0.2, 0) is 6.54 Å². The highest BCUT2D eigenvalue weighted by molar-refractivity contribution is 5.34. The molecule has 1 aromatic carbocycles. The van der Waals surface area contributed by atoms with E-state index in [0.717, 1.165) is 51.2 Å². The van der Waals surface area contributed by atoms with Crippen LogP contribution >= 0.6 is 0 Å². The Labute approximate surface area is 124 Å². The summed E-state index contributed by atoms with van der Waals surface area (Å²) in [5.74, 6) is -0.739. The first-order chi connectivity index (χ1) is 10.1. The van der Waals surface area contributed by atoms with Crippen LogP contribution in [0.15, 0.2) is 12.1 Å². The molecular formula is C16H21F2N3. The van der Waals surface area contributed by atoms with Crippen molar-refractivity contribution in [2.45, 2.75) is 26.3 Å². The second-order valence-corrected chi connectivity index (χ2v) is 5.54. The Morgan fingerprint density at radius 1 is 1.29 bits per heavy atom. The minimum absolute atomic E-state index is 0.0139. The first-order valence-electron chi connectivity index (χ1n) is 7.45. The van der Waals surface area contributed by atoms with Gasteiger partial charge in [-0.25, -0.2) is 8.78 Å². The van der Waals surface area contributed by atoms with E-state index in [-0.39, 0.29) is 17.7 Å². The van der Waals surface area contributed by atoms with E-state index in [2.05, 4.69) is 17.1 Å². The molecule has 1 aliphatic rings. The molecule has 0 aliphatic carbocycles. The molecule has 0 atom stereocenters. The molecular weight excluding hydrogens is 272 g/mol. The van der Waals surface area contributed by atoms with Gasteiger partial charge in [0.2, 0.25) is 0 Å². The molecule has 0 saturated carbocycles. The van der Waals surface area contributed by atoms with Gasteiger partial charge >= 0.3 is 0 Å². The highest BCUT2D eigenvalue weighted by atomic mass is 19.1. The van der Waals surface area contributed by atoms with Crippen LogP contribution in [0.5, 0.6) is 0 Å². The number of hydrogen-bond donors (Lipinski definition) is 1. The Kier molecular flexibility index (Phi) is 5.66. The highest BCUT2D eigenvalue weighted by Gasteiger charge is 2.18. The van der Waals surface area contributed by atoms with Crippen LogP contribution < -0.4 is 5.32 Å². The Morgan fingerprint density at radius 3 is 2.43 bits per heavy atom. The van der Waals surface area contributed by atoms with Crippen LogP contribution in [0.1, 0.15) is 30.9 Å². The third-order valence-corrected chi connectivity index (χ3v) is 4.16. The smallest absolute Gasteiger partial charge is 0.131 e. The average molecular weight is 293 g/mol. The Hall–Kier alpha value is -1.51. The molecule has 0 radical (unpaired) electrons. The lowest BCUT2D eigenvalue weighted by Gasteiger charge is -2.31. The van der Waals surface area contributed by atoms with Crippen LogP contribution in [0.25, 0.3) is 0 Å². The van der Waals surface area contributed by atoms with E-state index in [1.54, 1.807) is 6.07 Å². The molecule has 0 amide bonds. The lowest BCUT2D eigenvalue weighted by molar-refractivity contribution is 0.190. The molecule has 0 spiro atoms. The van der Waals surface area contributed by atoms with Crippen LogP contribution in [0, 0.1) is 28.9 Å². The molecule has 1 heterocycles. The molecule has 1 saturated heterocycles. The van der Waals surface area contributed by atoms with E-state index in [9.17, 15) is 8.78 Å². The molecule has 1 fully saturated rings. The molecule has 2 rings (SSSR count). The standard InChI is InChI=1S/C16H21F2N3/c1-2-21-5-3-12(4-6-21)10-20-11-14-15(17)7-13(9-19)8-16(14)18/h7-8,12,20H,2-6,10-11H2,1H3. The second kappa shape index (κ2) is 7.48. The molecule has 3 nitrogen and oxygen atoms in total. The lowest BCUT2D eigenvalue weighted by Crippen LogP contribution is -2.37. The molecule has 0 aromatic heterocycles. The topological polar surface area (TPSA) is 39.1 Å². The van der Waals surface area contributed by atoms with Gasteiger partial charge in [-0.3, -0.25) is 0 Å². The van der Waals surface area contributed by atoms with Gasteiger partial charge in [0.15, 0.2) is 0 Å². The largest absolute Gasteiger partial charge is 0.312 e. The molecule has 1 N–H and O–H groups in total. The summed E-state index contributed by atoms with van der Waals surface area (Å²) in [6, 6.07) is 3.91. The Morgan fingerprint density at radius 2 is 1.90 bits per heavy atom. The second-order valence-electron chi connectivity index (χ2n) is 5.54. The zero-order valence-corrected chi connectivity index (χ0v) is 12.3. The molecule has 0 unspecified atom stereocenters. The number of likely N-dealkylation sites (tertiary alicyclic amines) is 1. The molecule has 1 aromatic rings. The predicted molar refractivity (Wildman–Crippen MR) is 77.6 cm³/mol. The number of piperidine rings is 1. The maximum absolute atomic E-state index is 13.7. The summed E-state index contributed by atoms with van der Waals surface area (Å²) in [5, 5.41) is 11.8. The first kappa shape index (κ1) is 15.9. The van der Waals surface area contributed by atoms with Gasteiger partial charge in [0.1, 0.15) is 11.6 Å². The number of halogens is 2. The Balaban J connectivity index is 1.83. The predicted octanol–water partition coefficient (Wildman–Crippen LogP) is 2.66. The number of benzene rings is 1. The monoisotopic (exact) mass is 293 g/mol. The maximum Gasteiger partial charge on any atom is 0.131 e. The van der Waals surface area contributed by atoms with Gasteiger partial charge in [-0.05, 0) is 57.1 Å². The summed E-state index contributed by atoms with van der Waals surface area (Å²) in [7, 11) is 0. The fourth-order valence-electron chi connectivity index (χ4n) is 2.74. The Bertz CT molecular complexity index is 494. The van der Waals surface area contributed by atoms with Crippen molar-refractivity contribution in [3.05, 3.63) is 34.9 Å². The van der Waals surface area contributed by atoms with E-state index in [0.29, 0.717) is 5.92 Å². The van der Waals surface area contributed by atoms with Gasteiger partial charge in [-0.1, -0.05) is 6.92 Å². The van der Waals surface area contributed by atoms with E-state index < -0.39 is 11.6 Å². The van der Waals surface area contributed by atoms with Crippen molar-refractivity contribution >= 4 is 0 Å². The van der Waals surface area contributed by atoms with Crippen molar-refractivity contribution in [3.63, 3.8) is 0 Å². The quantitative estimate of drug-likeness (QED) is 0.907. The third-order valence-electron chi connectivity index (χ3n) is 4.16. The summed E-state index contributed by atoms with van der Waals surface area (Å²) in [4.78, 5) is 2.41. The van der Waals surface area contributed by atoms with Crippen LogP contribution in [0.3, 0.4) is 0 Å². The summed E-state index contributed by atoms with van der Waals surface area (Å²) >= 11 is 0. The SMILES string of the molecule is CCN1CCC(CNCc2c(F)cc(C#N)cc2F)CC1. The van der Waals surface area contributed by atoms with Crippen molar-refractivity contribution in [2.24, 2.45) is 5.92 Å².